The molecule has 0 radical (unpaired) electrons. The van der Waals surface area contributed by atoms with Crippen molar-refractivity contribution < 1.29 is 35.7 Å². The predicted molar refractivity (Wildman–Crippen MR) is 48.6 cm³/mol. The summed E-state index contributed by atoms with van der Waals surface area (Å²) >= 11 is 0. The molecule has 0 saturated carbocycles. The van der Waals surface area contributed by atoms with Gasteiger partial charge in [-0.05, 0) is 5.92 Å². The Morgan fingerprint density at radius 2 is 1.53 bits per heavy atom. The number of hydrogen-bond acceptors (Lipinski definition) is 2. The predicted octanol–water partition coefficient (Wildman–Crippen LogP) is 3.43. The highest BCUT2D eigenvalue weighted by atomic mass is 19.3. The highest BCUT2D eigenvalue weighted by molar-refractivity contribution is 5.30. The molecule has 1 aliphatic carbocycles. The first-order valence-corrected chi connectivity index (χ1v) is 4.93. The summed E-state index contributed by atoms with van der Waals surface area (Å²) < 4.78 is 93.9. The van der Waals surface area contributed by atoms with Crippen LogP contribution in [0.1, 0.15) is 13.8 Å². The number of nitro groups is 1. The van der Waals surface area contributed by atoms with Crippen molar-refractivity contribution in [1.29, 1.82) is 0 Å². The van der Waals surface area contributed by atoms with Crippen molar-refractivity contribution in [2.75, 3.05) is 0 Å². The van der Waals surface area contributed by atoms with E-state index in [4.69, 9.17) is 0 Å². The monoisotopic (exact) mass is 295 g/mol. The van der Waals surface area contributed by atoms with Gasteiger partial charge in [-0.25, -0.2) is 8.78 Å². The summed E-state index contributed by atoms with van der Waals surface area (Å²) in [5.74, 6) is -22.2. The Hall–Kier alpha value is -1.35. The molecule has 0 bridgehead atoms. The number of allylic oxidation sites excluding steroid dienone is 1. The number of rotatable bonds is 2. The van der Waals surface area contributed by atoms with Gasteiger partial charge in [0.1, 0.15) is 0 Å². The molecule has 0 aromatic heterocycles. The molecule has 0 aromatic carbocycles. The molecular formula is C9H8F7NO2. The fourth-order valence-corrected chi connectivity index (χ4v) is 1.70. The second-order valence-electron chi connectivity index (χ2n) is 4.44. The molecule has 1 aliphatic rings. The minimum absolute atomic E-state index is 0.727. The minimum Gasteiger partial charge on any atom is -0.261 e. The summed E-state index contributed by atoms with van der Waals surface area (Å²) in [6.07, 6.45) is -0.780. The van der Waals surface area contributed by atoms with Gasteiger partial charge in [0.2, 0.25) is 11.5 Å². The molecule has 0 aliphatic heterocycles. The highest BCUT2D eigenvalue weighted by Crippen LogP contribution is 2.60. The van der Waals surface area contributed by atoms with Gasteiger partial charge in [0, 0.05) is 6.08 Å². The van der Waals surface area contributed by atoms with Crippen LogP contribution in [-0.4, -0.2) is 28.2 Å². The molecule has 110 valence electrons. The standard InChI is InChI=1S/C9H8F7NO2/c1-4(2)6(11)3-5(10)7(12,17(18)19)9(15,16)8(6,13)14/h3-4H,1-2H3. The van der Waals surface area contributed by atoms with Crippen molar-refractivity contribution in [2.45, 2.75) is 37.2 Å². The van der Waals surface area contributed by atoms with Gasteiger partial charge >= 0.3 is 17.6 Å². The molecule has 2 atom stereocenters. The summed E-state index contributed by atoms with van der Waals surface area (Å²) in [5.41, 5.74) is -4.24. The van der Waals surface area contributed by atoms with Gasteiger partial charge in [0.05, 0.1) is 4.92 Å². The van der Waals surface area contributed by atoms with Crippen LogP contribution in [0.4, 0.5) is 30.7 Å². The first-order valence-electron chi connectivity index (χ1n) is 4.93. The molecular weight excluding hydrogens is 287 g/mol. The van der Waals surface area contributed by atoms with Gasteiger partial charge in [0.15, 0.2) is 0 Å². The van der Waals surface area contributed by atoms with E-state index in [2.05, 4.69) is 0 Å². The Kier molecular flexibility index (Phi) is 3.16. The van der Waals surface area contributed by atoms with Gasteiger partial charge in [-0.1, -0.05) is 13.8 Å². The van der Waals surface area contributed by atoms with E-state index >= 15 is 0 Å². The lowest BCUT2D eigenvalue weighted by molar-refractivity contribution is -0.641. The van der Waals surface area contributed by atoms with Gasteiger partial charge in [-0.2, -0.15) is 22.0 Å². The van der Waals surface area contributed by atoms with Crippen LogP contribution in [0.15, 0.2) is 11.9 Å². The third-order valence-electron chi connectivity index (χ3n) is 3.04. The van der Waals surface area contributed by atoms with Crippen molar-refractivity contribution in [3.8, 4) is 0 Å². The number of halogens is 7. The summed E-state index contributed by atoms with van der Waals surface area (Å²) in [7, 11) is 0. The van der Waals surface area contributed by atoms with Gasteiger partial charge in [-0.15, -0.1) is 0 Å². The molecule has 0 aromatic rings. The summed E-state index contributed by atoms with van der Waals surface area (Å²) in [6, 6.07) is 0. The number of hydrogen-bond donors (Lipinski definition) is 0. The molecule has 1 rings (SSSR count). The van der Waals surface area contributed by atoms with Crippen molar-refractivity contribution in [3.05, 3.63) is 22.0 Å². The first-order chi connectivity index (χ1) is 8.26. The van der Waals surface area contributed by atoms with Crippen molar-refractivity contribution >= 4 is 0 Å². The van der Waals surface area contributed by atoms with E-state index in [1.807, 2.05) is 0 Å². The molecule has 0 amide bonds. The fourth-order valence-electron chi connectivity index (χ4n) is 1.70. The zero-order valence-electron chi connectivity index (χ0n) is 9.56. The van der Waals surface area contributed by atoms with Crippen LogP contribution in [0.5, 0.6) is 0 Å². The van der Waals surface area contributed by atoms with Crippen LogP contribution in [0.3, 0.4) is 0 Å². The Labute approximate surface area is 102 Å². The lowest BCUT2D eigenvalue weighted by Crippen LogP contribution is -2.71. The average molecular weight is 295 g/mol. The average Bonchev–Trinajstić information content (AvgIpc) is 2.24. The zero-order valence-corrected chi connectivity index (χ0v) is 9.56. The Morgan fingerprint density at radius 3 is 1.84 bits per heavy atom. The van der Waals surface area contributed by atoms with Gasteiger partial charge in [-0.3, -0.25) is 10.1 Å². The minimum atomic E-state index is -6.18. The van der Waals surface area contributed by atoms with Crippen LogP contribution < -0.4 is 0 Å². The Balaban J connectivity index is 3.71. The van der Waals surface area contributed by atoms with Crippen molar-refractivity contribution in [2.24, 2.45) is 5.92 Å². The lowest BCUT2D eigenvalue weighted by Gasteiger charge is -2.43. The molecule has 0 saturated heterocycles. The molecule has 10 heteroatoms. The van der Waals surface area contributed by atoms with E-state index < -0.39 is 46.1 Å². The lowest BCUT2D eigenvalue weighted by atomic mass is 9.75. The topological polar surface area (TPSA) is 43.1 Å². The van der Waals surface area contributed by atoms with Gasteiger partial charge in [0.25, 0.3) is 0 Å². The highest BCUT2D eigenvalue weighted by Gasteiger charge is 2.88. The summed E-state index contributed by atoms with van der Waals surface area (Å²) in [5, 5.41) is 10.2. The van der Waals surface area contributed by atoms with E-state index in [0.29, 0.717) is 0 Å². The van der Waals surface area contributed by atoms with E-state index in [1.165, 1.54) is 0 Å². The maximum Gasteiger partial charge on any atom is 0.479 e. The maximum absolute atomic E-state index is 13.9. The van der Waals surface area contributed by atoms with Crippen molar-refractivity contribution in [3.63, 3.8) is 0 Å². The van der Waals surface area contributed by atoms with Crippen LogP contribution in [-0.2, 0) is 0 Å². The maximum atomic E-state index is 13.9. The van der Waals surface area contributed by atoms with E-state index in [-0.39, 0.29) is 0 Å². The molecule has 0 N–H and O–H groups in total. The Bertz CT molecular complexity index is 450. The van der Waals surface area contributed by atoms with Crippen LogP contribution >= 0.6 is 0 Å². The quantitative estimate of drug-likeness (QED) is 0.339. The molecule has 2 unspecified atom stereocenters. The molecule has 0 heterocycles. The normalized spacial score (nSPS) is 37.1. The summed E-state index contributed by atoms with van der Waals surface area (Å²) in [6.45, 7) is 1.45. The van der Waals surface area contributed by atoms with Gasteiger partial charge < -0.3 is 0 Å². The molecule has 0 fully saturated rings. The first kappa shape index (κ1) is 15.7. The van der Waals surface area contributed by atoms with E-state index in [1.54, 1.807) is 0 Å². The number of nitrogens with zero attached hydrogens (tertiary/aromatic N) is 1. The second-order valence-corrected chi connectivity index (χ2v) is 4.44. The van der Waals surface area contributed by atoms with Crippen LogP contribution in [0.25, 0.3) is 0 Å². The van der Waals surface area contributed by atoms with Crippen molar-refractivity contribution in [1.82, 2.24) is 0 Å². The van der Waals surface area contributed by atoms with E-state index in [0.717, 1.165) is 13.8 Å². The second kappa shape index (κ2) is 3.83. The molecule has 19 heavy (non-hydrogen) atoms. The van der Waals surface area contributed by atoms with E-state index in [9.17, 15) is 40.8 Å². The smallest absolute Gasteiger partial charge is 0.261 e. The third-order valence-corrected chi connectivity index (χ3v) is 3.04. The molecule has 3 nitrogen and oxygen atoms in total. The number of alkyl halides is 6. The SMILES string of the molecule is CC(C)C1(F)C=C(F)C(F)([N+](=O)[O-])C(F)(F)C1(F)F. The summed E-state index contributed by atoms with van der Waals surface area (Å²) in [4.78, 5) is 7.65. The third kappa shape index (κ3) is 1.51. The zero-order chi connectivity index (χ0) is 15.4. The largest absolute Gasteiger partial charge is 0.479 e. The van der Waals surface area contributed by atoms with Crippen LogP contribution in [0, 0.1) is 16.0 Å². The fraction of sp³-hybridized carbons (Fsp3) is 0.778. The van der Waals surface area contributed by atoms with Crippen LogP contribution in [0.2, 0.25) is 0 Å². The Morgan fingerprint density at radius 1 is 1.11 bits per heavy atom. The molecule has 0 spiro atoms.